The fourth-order valence-electron chi connectivity index (χ4n) is 2.37. The molecule has 116 valence electrons. The van der Waals surface area contributed by atoms with Gasteiger partial charge in [-0.3, -0.25) is 0 Å². The Kier molecular flexibility index (Phi) is 3.84. The van der Waals surface area contributed by atoms with Crippen LogP contribution >= 0.6 is 0 Å². The van der Waals surface area contributed by atoms with Crippen molar-refractivity contribution in [2.45, 2.75) is 23.3 Å². The van der Waals surface area contributed by atoms with E-state index in [1.165, 1.54) is 31.4 Å². The molecule has 22 heavy (non-hydrogen) atoms. The maximum atomic E-state index is 12.9. The van der Waals surface area contributed by atoms with Crippen molar-refractivity contribution in [3.8, 4) is 0 Å². The number of halogens is 1. The van der Waals surface area contributed by atoms with Gasteiger partial charge in [-0.15, -0.1) is 0 Å². The van der Waals surface area contributed by atoms with Crippen LogP contribution in [0, 0.1) is 5.82 Å². The van der Waals surface area contributed by atoms with Crippen LogP contribution in [0.1, 0.15) is 17.9 Å². The Hall–Kier alpha value is -1.99. The summed E-state index contributed by atoms with van der Waals surface area (Å²) < 4.78 is 38.4. The van der Waals surface area contributed by atoms with E-state index in [1.807, 2.05) is 0 Å². The van der Waals surface area contributed by atoms with Gasteiger partial charge in [0.1, 0.15) is 16.5 Å². The first kappa shape index (κ1) is 14.9. The molecule has 0 aliphatic heterocycles. The molecule has 7 heteroatoms. The van der Waals surface area contributed by atoms with E-state index in [9.17, 15) is 12.8 Å². The molecule has 0 radical (unpaired) electrons. The summed E-state index contributed by atoms with van der Waals surface area (Å²) in [6.07, 6.45) is 2.27. The van der Waals surface area contributed by atoms with E-state index < -0.39 is 10.0 Å². The van der Waals surface area contributed by atoms with Gasteiger partial charge in [0, 0.05) is 18.2 Å². The number of rotatable bonds is 5. The molecule has 1 fully saturated rings. The molecule has 1 saturated carbocycles. The van der Waals surface area contributed by atoms with Crippen LogP contribution in [0.4, 0.5) is 10.2 Å². The first-order chi connectivity index (χ1) is 10.5. The van der Waals surface area contributed by atoms with Gasteiger partial charge >= 0.3 is 0 Å². The summed E-state index contributed by atoms with van der Waals surface area (Å²) in [7, 11) is -2.10. The zero-order valence-corrected chi connectivity index (χ0v) is 12.8. The molecule has 0 bridgehead atoms. The monoisotopic (exact) mass is 321 g/mol. The normalized spacial score (nSPS) is 20.6. The number of hydrogen-bond acceptors (Lipinski definition) is 4. The van der Waals surface area contributed by atoms with E-state index in [0.29, 0.717) is 11.7 Å². The van der Waals surface area contributed by atoms with Gasteiger partial charge in [-0.2, -0.15) is 0 Å². The van der Waals surface area contributed by atoms with Gasteiger partial charge in [-0.25, -0.2) is 22.5 Å². The number of hydrogen-bond donors (Lipinski definition) is 2. The van der Waals surface area contributed by atoms with Gasteiger partial charge in [0.15, 0.2) is 0 Å². The molecule has 1 aromatic carbocycles. The van der Waals surface area contributed by atoms with E-state index in [1.54, 1.807) is 18.2 Å². The minimum atomic E-state index is -3.46. The third-order valence-corrected chi connectivity index (χ3v) is 5.14. The molecular formula is C15H16FN3O2S. The average molecular weight is 321 g/mol. The summed E-state index contributed by atoms with van der Waals surface area (Å²) in [5.74, 6) is 0.727. The molecule has 0 saturated heterocycles. The predicted molar refractivity (Wildman–Crippen MR) is 81.7 cm³/mol. The van der Waals surface area contributed by atoms with Crippen molar-refractivity contribution in [1.29, 1.82) is 0 Å². The Morgan fingerprint density at radius 3 is 2.50 bits per heavy atom. The molecule has 2 N–H and O–H groups in total. The van der Waals surface area contributed by atoms with E-state index in [2.05, 4.69) is 15.0 Å². The lowest BCUT2D eigenvalue weighted by molar-refractivity contribution is 0.588. The smallest absolute Gasteiger partial charge is 0.241 e. The Bertz CT molecular complexity index is 760. The van der Waals surface area contributed by atoms with E-state index >= 15 is 0 Å². The molecule has 0 unspecified atom stereocenters. The van der Waals surface area contributed by atoms with E-state index in [0.717, 1.165) is 12.0 Å². The molecule has 2 atom stereocenters. The first-order valence-corrected chi connectivity index (χ1v) is 8.39. The van der Waals surface area contributed by atoms with Gasteiger partial charge in [0.2, 0.25) is 10.0 Å². The van der Waals surface area contributed by atoms with Crippen molar-refractivity contribution in [2.24, 2.45) is 0 Å². The lowest BCUT2D eigenvalue weighted by Crippen LogP contribution is -2.18. The van der Waals surface area contributed by atoms with Crippen LogP contribution in [0.5, 0.6) is 0 Å². The molecular weight excluding hydrogens is 305 g/mol. The van der Waals surface area contributed by atoms with E-state index in [4.69, 9.17) is 0 Å². The maximum Gasteiger partial charge on any atom is 0.241 e. The fourth-order valence-corrected chi connectivity index (χ4v) is 3.04. The number of sulfonamides is 1. The molecule has 3 rings (SSSR count). The van der Waals surface area contributed by atoms with Gasteiger partial charge in [-0.1, -0.05) is 12.1 Å². The van der Waals surface area contributed by atoms with Crippen LogP contribution < -0.4 is 10.0 Å². The number of anilines is 1. The minimum Gasteiger partial charge on any atom is -0.367 e. The Morgan fingerprint density at radius 1 is 1.18 bits per heavy atom. The molecule has 0 spiro atoms. The number of aromatic nitrogens is 1. The topological polar surface area (TPSA) is 71.1 Å². The minimum absolute atomic E-state index is 0.131. The van der Waals surface area contributed by atoms with Crippen LogP contribution in [0.25, 0.3) is 0 Å². The highest BCUT2D eigenvalue weighted by Gasteiger charge is 2.38. The van der Waals surface area contributed by atoms with Gasteiger partial charge in [0.25, 0.3) is 0 Å². The summed E-state index contributed by atoms with van der Waals surface area (Å²) in [6.45, 7) is 0. The van der Waals surface area contributed by atoms with Crippen LogP contribution in [-0.2, 0) is 10.0 Å². The van der Waals surface area contributed by atoms with Crippen molar-refractivity contribution in [2.75, 3.05) is 12.4 Å². The predicted octanol–water partition coefficient (Wildman–Crippen LogP) is 2.10. The zero-order valence-electron chi connectivity index (χ0n) is 12.0. The fraction of sp³-hybridized carbons (Fsp3) is 0.267. The van der Waals surface area contributed by atoms with Crippen LogP contribution in [0.15, 0.2) is 47.5 Å². The van der Waals surface area contributed by atoms with Crippen molar-refractivity contribution >= 4 is 15.8 Å². The third-order valence-electron chi connectivity index (χ3n) is 3.74. The maximum absolute atomic E-state index is 12.9. The van der Waals surface area contributed by atoms with Crippen LogP contribution in [-0.4, -0.2) is 26.5 Å². The first-order valence-electron chi connectivity index (χ1n) is 6.91. The second-order valence-electron chi connectivity index (χ2n) is 5.23. The highest BCUT2D eigenvalue weighted by Crippen LogP contribution is 2.42. The van der Waals surface area contributed by atoms with Crippen LogP contribution in [0.2, 0.25) is 0 Å². The standard InChI is InChI=1S/C15H16FN3O2S/c1-17-22(20,21)12-6-7-15(18-9-12)19-14-8-13(14)10-2-4-11(16)5-3-10/h2-7,9,13-14,17H,8H2,1H3,(H,18,19)/t13-,14+/m0/s1. The second kappa shape index (κ2) is 5.66. The Balaban J connectivity index is 1.64. The molecule has 1 aliphatic carbocycles. The summed E-state index contributed by atoms with van der Waals surface area (Å²) in [6, 6.07) is 9.89. The lowest BCUT2D eigenvalue weighted by atomic mass is 10.1. The summed E-state index contributed by atoms with van der Waals surface area (Å²) in [4.78, 5) is 4.26. The number of pyridine rings is 1. The van der Waals surface area contributed by atoms with Crippen LogP contribution in [0.3, 0.4) is 0 Å². The van der Waals surface area contributed by atoms with E-state index in [-0.39, 0.29) is 16.8 Å². The molecule has 1 aromatic heterocycles. The lowest BCUT2D eigenvalue weighted by Gasteiger charge is -2.07. The highest BCUT2D eigenvalue weighted by atomic mass is 32.2. The highest BCUT2D eigenvalue weighted by molar-refractivity contribution is 7.89. The number of nitrogens with zero attached hydrogens (tertiary/aromatic N) is 1. The Labute approximate surface area is 128 Å². The largest absolute Gasteiger partial charge is 0.367 e. The zero-order chi connectivity index (χ0) is 15.7. The Morgan fingerprint density at radius 2 is 1.91 bits per heavy atom. The number of nitrogens with one attached hydrogen (secondary N) is 2. The third kappa shape index (κ3) is 3.10. The van der Waals surface area contributed by atoms with Crippen molar-refractivity contribution in [3.05, 3.63) is 54.0 Å². The van der Waals surface area contributed by atoms with Gasteiger partial charge in [0.05, 0.1) is 0 Å². The SMILES string of the molecule is CNS(=O)(=O)c1ccc(N[C@@H]2C[C@H]2c2ccc(F)cc2)nc1. The molecule has 0 amide bonds. The molecule has 1 heterocycles. The molecule has 2 aromatic rings. The summed E-state index contributed by atoms with van der Waals surface area (Å²) in [5.41, 5.74) is 1.09. The van der Waals surface area contributed by atoms with Gasteiger partial charge in [-0.05, 0) is 43.3 Å². The van der Waals surface area contributed by atoms with Crippen molar-refractivity contribution < 1.29 is 12.8 Å². The van der Waals surface area contributed by atoms with Crippen molar-refractivity contribution in [3.63, 3.8) is 0 Å². The number of benzene rings is 1. The quantitative estimate of drug-likeness (QED) is 0.885. The summed E-state index contributed by atoms with van der Waals surface area (Å²) >= 11 is 0. The van der Waals surface area contributed by atoms with Gasteiger partial charge < -0.3 is 5.32 Å². The average Bonchev–Trinajstić information content (AvgIpc) is 3.28. The second-order valence-corrected chi connectivity index (χ2v) is 7.12. The summed E-state index contributed by atoms with van der Waals surface area (Å²) in [5, 5.41) is 3.26. The van der Waals surface area contributed by atoms with Crippen molar-refractivity contribution in [1.82, 2.24) is 9.71 Å². The molecule has 5 nitrogen and oxygen atoms in total. The molecule has 1 aliphatic rings.